The van der Waals surface area contributed by atoms with E-state index in [0.717, 1.165) is 16.8 Å². The second-order valence-electron chi connectivity index (χ2n) is 4.53. The number of carbonyl (C=O) groups is 1. The number of aliphatic hydroxyl groups excluding tert-OH is 1. The number of methoxy groups -OCH3 is 1. The van der Waals surface area contributed by atoms with Gasteiger partial charge in [-0.25, -0.2) is 9.78 Å². The molecule has 0 aliphatic carbocycles. The van der Waals surface area contributed by atoms with Crippen molar-refractivity contribution in [3.63, 3.8) is 0 Å². The van der Waals surface area contributed by atoms with Gasteiger partial charge in [0.1, 0.15) is 6.10 Å². The smallest absolute Gasteiger partial charge is 0.338 e. The molecule has 0 radical (unpaired) electrons. The molecule has 0 saturated carbocycles. The molecule has 0 aliphatic rings. The maximum atomic E-state index is 11.6. The van der Waals surface area contributed by atoms with Crippen molar-refractivity contribution in [3.05, 3.63) is 51.5 Å². The van der Waals surface area contributed by atoms with Crippen molar-refractivity contribution >= 4 is 17.3 Å². The number of rotatable bonds is 6. The third kappa shape index (κ3) is 3.87. The highest BCUT2D eigenvalue weighted by molar-refractivity contribution is 7.07. The molecular weight excluding hydrogens is 290 g/mol. The van der Waals surface area contributed by atoms with E-state index in [0.29, 0.717) is 12.2 Å². The summed E-state index contributed by atoms with van der Waals surface area (Å²) in [5.41, 5.74) is 4.69. The van der Waals surface area contributed by atoms with Crippen molar-refractivity contribution in [1.82, 2.24) is 4.98 Å². The molecule has 0 spiro atoms. The average Bonchev–Trinajstić information content (AvgIpc) is 3.00. The van der Waals surface area contributed by atoms with Crippen molar-refractivity contribution in [1.29, 1.82) is 0 Å². The maximum absolute atomic E-state index is 11.6. The molecule has 0 aliphatic heterocycles. The second-order valence-corrected chi connectivity index (χ2v) is 5.25. The zero-order chi connectivity index (χ0) is 15.2. The van der Waals surface area contributed by atoms with Crippen molar-refractivity contribution in [3.8, 4) is 0 Å². The summed E-state index contributed by atoms with van der Waals surface area (Å²) in [5, 5.41) is 11.4. The van der Waals surface area contributed by atoms with Gasteiger partial charge in [0.2, 0.25) is 0 Å². The lowest BCUT2D eigenvalue weighted by Gasteiger charge is -2.16. The first-order chi connectivity index (χ1) is 10.2. The van der Waals surface area contributed by atoms with Crippen molar-refractivity contribution < 1.29 is 19.4 Å². The molecule has 1 heterocycles. The Morgan fingerprint density at radius 3 is 2.86 bits per heavy atom. The Kier molecular flexibility index (Phi) is 5.44. The predicted molar refractivity (Wildman–Crippen MR) is 79.2 cm³/mol. The van der Waals surface area contributed by atoms with Gasteiger partial charge >= 0.3 is 5.97 Å². The highest BCUT2D eigenvalue weighted by atomic mass is 32.1. The molecule has 0 bridgehead atoms. The van der Waals surface area contributed by atoms with Crippen LogP contribution in [0.15, 0.2) is 29.1 Å². The lowest BCUT2D eigenvalue weighted by atomic mass is 10.0. The Morgan fingerprint density at radius 1 is 1.48 bits per heavy atom. The van der Waals surface area contributed by atoms with Crippen molar-refractivity contribution in [2.75, 3.05) is 13.7 Å². The quantitative estimate of drug-likeness (QED) is 0.830. The Hall–Kier alpha value is -1.76. The Labute approximate surface area is 127 Å². The molecule has 0 saturated heterocycles. The van der Waals surface area contributed by atoms with E-state index in [1.54, 1.807) is 17.6 Å². The third-order valence-corrected chi connectivity index (χ3v) is 3.74. The number of aromatic nitrogens is 1. The fraction of sp³-hybridized carbons (Fsp3) is 0.333. The van der Waals surface area contributed by atoms with Gasteiger partial charge in [0.05, 0.1) is 37.1 Å². The summed E-state index contributed by atoms with van der Waals surface area (Å²) in [5.74, 6) is -0.372. The molecule has 112 valence electrons. The molecular formula is C15H17NO4S. The molecule has 21 heavy (non-hydrogen) atoms. The topological polar surface area (TPSA) is 68.7 Å². The van der Waals surface area contributed by atoms with Crippen LogP contribution in [0.1, 0.15) is 33.3 Å². The zero-order valence-corrected chi connectivity index (χ0v) is 12.7. The van der Waals surface area contributed by atoms with Gasteiger partial charge in [0.25, 0.3) is 0 Å². The summed E-state index contributed by atoms with van der Waals surface area (Å²) in [7, 11) is 1.35. The molecule has 1 unspecified atom stereocenters. The lowest BCUT2D eigenvalue weighted by Crippen LogP contribution is -2.11. The molecule has 0 amide bonds. The molecule has 1 N–H and O–H groups in total. The molecule has 1 aromatic carbocycles. The molecule has 1 atom stereocenters. The third-order valence-electron chi connectivity index (χ3n) is 3.11. The van der Waals surface area contributed by atoms with Crippen molar-refractivity contribution in [2.24, 2.45) is 0 Å². The SMILES string of the molecule is COC(=O)c1ccc(C(CO)OCc2cscn2)cc1C. The number of hydrogen-bond acceptors (Lipinski definition) is 6. The van der Waals surface area contributed by atoms with E-state index in [1.165, 1.54) is 18.4 Å². The van der Waals surface area contributed by atoms with Gasteiger partial charge in [0.15, 0.2) is 0 Å². The van der Waals surface area contributed by atoms with Crippen LogP contribution in [-0.2, 0) is 16.1 Å². The van der Waals surface area contributed by atoms with E-state index >= 15 is 0 Å². The number of carbonyl (C=O) groups excluding carboxylic acids is 1. The van der Waals surface area contributed by atoms with Crippen LogP contribution in [-0.4, -0.2) is 29.8 Å². The van der Waals surface area contributed by atoms with E-state index in [9.17, 15) is 9.90 Å². The van der Waals surface area contributed by atoms with Gasteiger partial charge in [0, 0.05) is 5.38 Å². The number of nitrogens with zero attached hydrogens (tertiary/aromatic N) is 1. The summed E-state index contributed by atoms with van der Waals surface area (Å²) >= 11 is 1.50. The van der Waals surface area contributed by atoms with Gasteiger partial charge < -0.3 is 14.6 Å². The summed E-state index contributed by atoms with van der Waals surface area (Å²) in [6.45, 7) is 2.03. The Morgan fingerprint density at radius 2 is 2.29 bits per heavy atom. The van der Waals surface area contributed by atoms with Gasteiger partial charge in [-0.05, 0) is 24.1 Å². The highest BCUT2D eigenvalue weighted by Crippen LogP contribution is 2.22. The van der Waals surface area contributed by atoms with Crippen LogP contribution < -0.4 is 0 Å². The highest BCUT2D eigenvalue weighted by Gasteiger charge is 2.15. The summed E-state index contributed by atoms with van der Waals surface area (Å²) < 4.78 is 10.4. The number of esters is 1. The number of ether oxygens (including phenoxy) is 2. The minimum Gasteiger partial charge on any atom is -0.465 e. The minimum absolute atomic E-state index is 0.138. The van der Waals surface area contributed by atoms with Crippen LogP contribution in [0.2, 0.25) is 0 Å². The minimum atomic E-state index is -0.447. The summed E-state index contributed by atoms with van der Waals surface area (Å²) in [4.78, 5) is 15.7. The van der Waals surface area contributed by atoms with Crippen LogP contribution in [0.25, 0.3) is 0 Å². The molecule has 2 rings (SSSR count). The average molecular weight is 307 g/mol. The van der Waals surface area contributed by atoms with Crippen molar-refractivity contribution in [2.45, 2.75) is 19.6 Å². The van der Waals surface area contributed by atoms with Crippen LogP contribution in [0, 0.1) is 6.92 Å². The standard InChI is InChI=1S/C15H17NO4S/c1-10-5-11(3-4-13(10)15(18)19-2)14(6-17)20-7-12-8-21-9-16-12/h3-5,8-9,14,17H,6-7H2,1-2H3. The van der Waals surface area contributed by atoms with E-state index in [-0.39, 0.29) is 12.6 Å². The van der Waals surface area contributed by atoms with Gasteiger partial charge in [-0.1, -0.05) is 12.1 Å². The zero-order valence-electron chi connectivity index (χ0n) is 11.9. The molecule has 5 nitrogen and oxygen atoms in total. The number of thiazole rings is 1. The van der Waals surface area contributed by atoms with Crippen LogP contribution in [0.4, 0.5) is 0 Å². The first-order valence-corrected chi connectivity index (χ1v) is 7.38. The van der Waals surface area contributed by atoms with Gasteiger partial charge in [-0.2, -0.15) is 0 Å². The molecule has 1 aromatic heterocycles. The first-order valence-electron chi connectivity index (χ1n) is 6.44. The lowest BCUT2D eigenvalue weighted by molar-refractivity contribution is -0.000145. The number of benzene rings is 1. The van der Waals surface area contributed by atoms with Gasteiger partial charge in [-0.15, -0.1) is 11.3 Å². The van der Waals surface area contributed by atoms with Gasteiger partial charge in [-0.3, -0.25) is 0 Å². The van der Waals surface area contributed by atoms with E-state index < -0.39 is 6.10 Å². The normalized spacial score (nSPS) is 12.1. The molecule has 2 aromatic rings. The summed E-state index contributed by atoms with van der Waals surface area (Å²) in [6.07, 6.45) is -0.447. The van der Waals surface area contributed by atoms with Crippen LogP contribution in [0.5, 0.6) is 0 Å². The Bertz CT molecular complexity index is 598. The van der Waals surface area contributed by atoms with Crippen LogP contribution >= 0.6 is 11.3 Å². The number of aliphatic hydroxyl groups is 1. The monoisotopic (exact) mass is 307 g/mol. The number of hydrogen-bond donors (Lipinski definition) is 1. The Balaban J connectivity index is 2.11. The summed E-state index contributed by atoms with van der Waals surface area (Å²) in [6, 6.07) is 5.28. The second kappa shape index (κ2) is 7.31. The first kappa shape index (κ1) is 15.6. The fourth-order valence-corrected chi connectivity index (χ4v) is 2.52. The predicted octanol–water partition coefficient (Wildman–Crippen LogP) is 2.49. The van der Waals surface area contributed by atoms with E-state index in [2.05, 4.69) is 4.98 Å². The fourth-order valence-electron chi connectivity index (χ4n) is 1.98. The van der Waals surface area contributed by atoms with E-state index in [4.69, 9.17) is 9.47 Å². The largest absolute Gasteiger partial charge is 0.465 e. The molecule has 6 heteroatoms. The molecule has 0 fully saturated rings. The maximum Gasteiger partial charge on any atom is 0.338 e. The number of aryl methyl sites for hydroxylation is 1. The van der Waals surface area contributed by atoms with E-state index in [1.807, 2.05) is 18.4 Å². The van der Waals surface area contributed by atoms with Crippen LogP contribution in [0.3, 0.4) is 0 Å².